The van der Waals surface area contributed by atoms with Crippen LogP contribution in [0.1, 0.15) is 16.7 Å². The summed E-state index contributed by atoms with van der Waals surface area (Å²) in [7, 11) is 1.52. The second-order valence-corrected chi connectivity index (χ2v) is 8.88. The lowest BCUT2D eigenvalue weighted by Crippen LogP contribution is -2.05. The van der Waals surface area contributed by atoms with Gasteiger partial charge in [0.05, 0.1) is 12.1 Å². The minimum atomic E-state index is -0.531. The minimum absolute atomic E-state index is 0.173. The molecule has 0 fully saturated rings. The average molecular weight is 580 g/mol. The van der Waals surface area contributed by atoms with Crippen molar-refractivity contribution < 1.29 is 19.0 Å². The van der Waals surface area contributed by atoms with Gasteiger partial charge in [0.15, 0.2) is 17.2 Å². The fourth-order valence-electron chi connectivity index (χ4n) is 2.98. The van der Waals surface area contributed by atoms with Gasteiger partial charge in [-0.05, 0) is 88.3 Å². The van der Waals surface area contributed by atoms with Crippen molar-refractivity contribution in [2.45, 2.75) is 6.61 Å². The highest BCUT2D eigenvalue weighted by molar-refractivity contribution is 14.1. The van der Waals surface area contributed by atoms with Crippen molar-refractivity contribution in [2.24, 2.45) is 4.99 Å². The van der Waals surface area contributed by atoms with Crippen molar-refractivity contribution in [3.05, 3.63) is 96.7 Å². The number of methoxy groups -OCH3 is 1. The Bertz CT molecular complexity index is 1220. The first-order valence-electron chi connectivity index (χ1n) is 9.46. The molecule has 0 N–H and O–H groups in total. The lowest BCUT2D eigenvalue weighted by Gasteiger charge is -2.13. The lowest BCUT2D eigenvalue weighted by atomic mass is 10.1. The van der Waals surface area contributed by atoms with E-state index in [1.54, 1.807) is 30.3 Å². The molecular weight excluding hydrogens is 564 g/mol. The van der Waals surface area contributed by atoms with Gasteiger partial charge in [-0.3, -0.25) is 0 Å². The molecule has 3 aromatic rings. The van der Waals surface area contributed by atoms with Crippen molar-refractivity contribution in [3.8, 4) is 11.5 Å². The van der Waals surface area contributed by atoms with E-state index in [9.17, 15) is 4.79 Å². The van der Waals surface area contributed by atoms with E-state index in [0.29, 0.717) is 33.7 Å². The van der Waals surface area contributed by atoms with E-state index in [0.717, 1.165) is 14.7 Å². The number of rotatable bonds is 6. The zero-order valence-electron chi connectivity index (χ0n) is 16.8. The molecule has 5 nitrogen and oxygen atoms in total. The van der Waals surface area contributed by atoms with Crippen LogP contribution in [-0.2, 0) is 16.1 Å². The minimum Gasteiger partial charge on any atom is -0.493 e. The topological polar surface area (TPSA) is 57.1 Å². The molecule has 0 unspecified atom stereocenters. The number of hydrogen-bond donors (Lipinski definition) is 0. The molecule has 1 heterocycles. The molecule has 162 valence electrons. The molecule has 0 saturated carbocycles. The fraction of sp³-hybridized carbons (Fsp3) is 0.0833. The predicted octanol–water partition coefficient (Wildman–Crippen LogP) is 6.53. The monoisotopic (exact) mass is 579 g/mol. The average Bonchev–Trinajstić information content (AvgIpc) is 3.14. The second kappa shape index (κ2) is 9.94. The molecule has 0 aliphatic carbocycles. The third-order valence-corrected chi connectivity index (χ3v) is 5.82. The van der Waals surface area contributed by atoms with Crippen LogP contribution in [0.25, 0.3) is 6.08 Å². The van der Waals surface area contributed by atoms with Crippen molar-refractivity contribution >= 4 is 63.7 Å². The van der Waals surface area contributed by atoms with Gasteiger partial charge in [-0.15, -0.1) is 0 Å². The maximum atomic E-state index is 12.3. The third kappa shape index (κ3) is 5.26. The van der Waals surface area contributed by atoms with E-state index in [1.807, 2.05) is 36.4 Å². The Morgan fingerprint density at radius 3 is 2.47 bits per heavy atom. The fourth-order valence-corrected chi connectivity index (χ4v) is 3.74. The first kappa shape index (κ1) is 22.6. The van der Waals surface area contributed by atoms with Crippen LogP contribution < -0.4 is 9.47 Å². The molecule has 8 heteroatoms. The predicted molar refractivity (Wildman–Crippen MR) is 134 cm³/mol. The molecule has 32 heavy (non-hydrogen) atoms. The maximum Gasteiger partial charge on any atom is 0.363 e. The van der Waals surface area contributed by atoms with Crippen LogP contribution in [-0.4, -0.2) is 19.0 Å². The standard InChI is InChI=1S/C24H16Cl2INO4/c1-30-21-12-15(10-19(26)22(21)31-13-14-2-6-17(25)7-3-14)11-20-24(29)32-23(28-20)16-4-8-18(27)9-5-16/h2-12H,13H2,1H3/b20-11+. The molecule has 4 rings (SSSR count). The molecule has 0 spiro atoms. The summed E-state index contributed by atoms with van der Waals surface area (Å²) in [6, 6.07) is 18.3. The number of benzene rings is 3. The summed E-state index contributed by atoms with van der Waals surface area (Å²) in [5.74, 6) is 0.574. The lowest BCUT2D eigenvalue weighted by molar-refractivity contribution is -0.129. The number of esters is 1. The molecule has 3 aromatic carbocycles. The van der Waals surface area contributed by atoms with Crippen LogP contribution in [0.2, 0.25) is 10.0 Å². The van der Waals surface area contributed by atoms with Gasteiger partial charge in [0.25, 0.3) is 0 Å². The smallest absolute Gasteiger partial charge is 0.363 e. The molecule has 0 amide bonds. The zero-order valence-corrected chi connectivity index (χ0v) is 20.4. The maximum absolute atomic E-state index is 12.3. The van der Waals surface area contributed by atoms with Crippen molar-refractivity contribution in [1.82, 2.24) is 0 Å². The van der Waals surface area contributed by atoms with Gasteiger partial charge in [0.2, 0.25) is 5.90 Å². The Hall–Kier alpha value is -2.55. The number of carbonyl (C=O) groups excluding carboxylic acids is 1. The van der Waals surface area contributed by atoms with Crippen molar-refractivity contribution in [3.63, 3.8) is 0 Å². The number of aliphatic imine (C=N–C) groups is 1. The molecule has 0 aromatic heterocycles. The van der Waals surface area contributed by atoms with Crippen LogP contribution in [0.15, 0.2) is 71.4 Å². The summed E-state index contributed by atoms with van der Waals surface area (Å²) in [5, 5.41) is 0.999. The van der Waals surface area contributed by atoms with Crippen molar-refractivity contribution in [1.29, 1.82) is 0 Å². The number of hydrogen-bond acceptors (Lipinski definition) is 5. The molecule has 0 saturated heterocycles. The summed E-state index contributed by atoms with van der Waals surface area (Å²) >= 11 is 14.6. The first-order chi connectivity index (χ1) is 15.4. The SMILES string of the molecule is COc1cc(/C=C2/N=C(c3ccc(I)cc3)OC2=O)cc(Cl)c1OCc1ccc(Cl)cc1. The van der Waals surface area contributed by atoms with Crippen LogP contribution in [0.4, 0.5) is 0 Å². The largest absolute Gasteiger partial charge is 0.493 e. The highest BCUT2D eigenvalue weighted by atomic mass is 127. The van der Waals surface area contributed by atoms with E-state index in [1.165, 1.54) is 7.11 Å². The Labute approximate surface area is 208 Å². The van der Waals surface area contributed by atoms with E-state index < -0.39 is 5.97 Å². The van der Waals surface area contributed by atoms with Gasteiger partial charge < -0.3 is 14.2 Å². The van der Waals surface area contributed by atoms with Gasteiger partial charge in [-0.1, -0.05) is 35.3 Å². The van der Waals surface area contributed by atoms with E-state index in [-0.39, 0.29) is 11.6 Å². The van der Waals surface area contributed by atoms with Gasteiger partial charge in [0, 0.05) is 14.2 Å². The van der Waals surface area contributed by atoms with Crippen LogP contribution in [0.3, 0.4) is 0 Å². The van der Waals surface area contributed by atoms with Crippen LogP contribution in [0, 0.1) is 3.57 Å². The van der Waals surface area contributed by atoms with E-state index in [4.69, 9.17) is 37.4 Å². The Kier molecular flexibility index (Phi) is 7.03. The van der Waals surface area contributed by atoms with E-state index >= 15 is 0 Å². The summed E-state index contributed by atoms with van der Waals surface area (Å²) < 4.78 is 17.7. The van der Waals surface area contributed by atoms with Gasteiger partial charge in [-0.2, -0.15) is 0 Å². The Morgan fingerprint density at radius 1 is 1.06 bits per heavy atom. The van der Waals surface area contributed by atoms with Gasteiger partial charge >= 0.3 is 5.97 Å². The van der Waals surface area contributed by atoms with Crippen LogP contribution >= 0.6 is 45.8 Å². The number of carbonyl (C=O) groups is 1. The van der Waals surface area contributed by atoms with Gasteiger partial charge in [0.1, 0.15) is 6.61 Å². The molecule has 1 aliphatic rings. The summed E-state index contributed by atoms with van der Waals surface area (Å²) in [6.07, 6.45) is 1.60. The van der Waals surface area contributed by atoms with Crippen LogP contribution in [0.5, 0.6) is 11.5 Å². The molecule has 1 aliphatic heterocycles. The van der Waals surface area contributed by atoms with E-state index in [2.05, 4.69) is 27.6 Å². The quantitative estimate of drug-likeness (QED) is 0.189. The number of nitrogens with zero attached hydrogens (tertiary/aromatic N) is 1. The zero-order chi connectivity index (χ0) is 22.7. The molecule has 0 atom stereocenters. The summed E-state index contributed by atoms with van der Waals surface area (Å²) in [6.45, 7) is 0.295. The number of halogens is 3. The highest BCUT2D eigenvalue weighted by Crippen LogP contribution is 2.38. The summed E-state index contributed by atoms with van der Waals surface area (Å²) in [5.41, 5.74) is 2.46. The molecule has 0 radical (unpaired) electrons. The number of cyclic esters (lactones) is 1. The number of ether oxygens (including phenoxy) is 3. The molecular formula is C24H16Cl2INO4. The molecule has 0 bridgehead atoms. The Morgan fingerprint density at radius 2 is 1.78 bits per heavy atom. The first-order valence-corrected chi connectivity index (χ1v) is 11.3. The van der Waals surface area contributed by atoms with Gasteiger partial charge in [-0.25, -0.2) is 9.79 Å². The third-order valence-electron chi connectivity index (χ3n) is 4.56. The normalized spacial score (nSPS) is 14.3. The van der Waals surface area contributed by atoms with Crippen molar-refractivity contribution in [2.75, 3.05) is 7.11 Å². The second-order valence-electron chi connectivity index (χ2n) is 6.79. The highest BCUT2D eigenvalue weighted by Gasteiger charge is 2.24. The summed E-state index contributed by atoms with van der Waals surface area (Å²) in [4.78, 5) is 16.6. The Balaban J connectivity index is 1.58.